The van der Waals surface area contributed by atoms with Gasteiger partial charge in [0.15, 0.2) is 5.96 Å². The highest BCUT2D eigenvalue weighted by molar-refractivity contribution is 14.0. The number of hydrogen-bond acceptors (Lipinski definition) is 4. The third kappa shape index (κ3) is 8.48. The van der Waals surface area contributed by atoms with Gasteiger partial charge in [0, 0.05) is 32.0 Å². The van der Waals surface area contributed by atoms with E-state index in [1.165, 1.54) is 30.6 Å². The predicted octanol–water partition coefficient (Wildman–Crippen LogP) is 1.91. The minimum absolute atomic E-state index is 0. The van der Waals surface area contributed by atoms with Crippen molar-refractivity contribution in [1.82, 2.24) is 20.3 Å². The van der Waals surface area contributed by atoms with Crippen molar-refractivity contribution in [3.63, 3.8) is 0 Å². The van der Waals surface area contributed by atoms with E-state index in [0.717, 1.165) is 12.0 Å². The van der Waals surface area contributed by atoms with Crippen LogP contribution in [0.25, 0.3) is 0 Å². The second kappa shape index (κ2) is 12.6. The summed E-state index contributed by atoms with van der Waals surface area (Å²) in [7, 11) is -3.58. The Labute approximate surface area is 182 Å². The zero-order chi connectivity index (χ0) is 19.5. The van der Waals surface area contributed by atoms with Gasteiger partial charge < -0.3 is 10.6 Å². The Kier molecular flexibility index (Phi) is 10.9. The van der Waals surface area contributed by atoms with Crippen LogP contribution >= 0.6 is 24.0 Å². The highest BCUT2D eigenvalue weighted by Crippen LogP contribution is 2.04. The van der Waals surface area contributed by atoms with Gasteiger partial charge in [0.25, 0.3) is 0 Å². The van der Waals surface area contributed by atoms with E-state index >= 15 is 0 Å². The molecule has 0 atom stereocenters. The summed E-state index contributed by atoms with van der Waals surface area (Å²) in [6, 6.07) is 9.41. The molecule has 3 N–H and O–H groups in total. The summed E-state index contributed by atoms with van der Waals surface area (Å²) in [5, 5.41) is 6.27. The highest BCUT2D eigenvalue weighted by Gasteiger charge is 2.12. The predicted molar refractivity (Wildman–Crippen MR) is 119 cm³/mol. The highest BCUT2D eigenvalue weighted by atomic mass is 127. The van der Waals surface area contributed by atoms with Crippen LogP contribution in [0, 0.1) is 5.82 Å². The van der Waals surface area contributed by atoms with E-state index in [-0.39, 0.29) is 47.8 Å². The average Bonchev–Trinajstić information content (AvgIpc) is 2.67. The molecule has 0 saturated heterocycles. The number of guanidine groups is 1. The summed E-state index contributed by atoms with van der Waals surface area (Å²) >= 11 is 0. The molecule has 0 fully saturated rings. The molecule has 2 rings (SSSR count). The number of benzene rings is 1. The number of hydrogen-bond donors (Lipinski definition) is 3. The molecule has 7 nitrogen and oxygen atoms in total. The number of aliphatic imine (C=N–C) groups is 1. The first-order valence-electron chi connectivity index (χ1n) is 8.67. The fourth-order valence-corrected chi connectivity index (χ4v) is 3.24. The second-order valence-electron chi connectivity index (χ2n) is 5.65. The summed E-state index contributed by atoms with van der Waals surface area (Å²) < 4.78 is 39.6. The Balaban J connectivity index is 0.00000392. The number of aromatic nitrogens is 1. The lowest BCUT2D eigenvalue weighted by Gasteiger charge is -2.11. The third-order valence-corrected chi connectivity index (χ3v) is 5.03. The van der Waals surface area contributed by atoms with Gasteiger partial charge in [-0.05, 0) is 43.2 Å². The summed E-state index contributed by atoms with van der Waals surface area (Å²) in [6.45, 7) is 3.71. The molecule has 1 heterocycles. The minimum atomic E-state index is -3.58. The molecule has 0 unspecified atom stereocenters. The molecule has 1 aromatic heterocycles. The van der Waals surface area contributed by atoms with Crippen molar-refractivity contribution in [2.45, 2.75) is 18.2 Å². The van der Waals surface area contributed by atoms with Gasteiger partial charge in [-0.1, -0.05) is 12.1 Å². The maximum Gasteiger partial charge on any atom is 0.242 e. The zero-order valence-corrected chi connectivity index (χ0v) is 18.7. The first-order chi connectivity index (χ1) is 13.0. The van der Waals surface area contributed by atoms with Crippen LogP contribution in [0.5, 0.6) is 0 Å². The van der Waals surface area contributed by atoms with Crippen molar-refractivity contribution < 1.29 is 12.8 Å². The van der Waals surface area contributed by atoms with Crippen molar-refractivity contribution in [2.24, 2.45) is 4.99 Å². The molecule has 0 aliphatic carbocycles. The van der Waals surface area contributed by atoms with Gasteiger partial charge in [0.1, 0.15) is 10.7 Å². The van der Waals surface area contributed by atoms with Crippen LogP contribution in [0.2, 0.25) is 0 Å². The molecule has 0 bridgehead atoms. The van der Waals surface area contributed by atoms with E-state index in [0.29, 0.717) is 19.0 Å². The van der Waals surface area contributed by atoms with Gasteiger partial charge in [-0.25, -0.2) is 17.5 Å². The molecule has 0 amide bonds. The summed E-state index contributed by atoms with van der Waals surface area (Å²) in [4.78, 5) is 8.28. The van der Waals surface area contributed by atoms with Gasteiger partial charge >= 0.3 is 0 Å². The van der Waals surface area contributed by atoms with Crippen LogP contribution in [0.15, 0.2) is 58.7 Å². The Morgan fingerprint density at radius 3 is 2.54 bits per heavy atom. The summed E-state index contributed by atoms with van der Waals surface area (Å²) in [6.07, 6.45) is 3.54. The van der Waals surface area contributed by atoms with Crippen LogP contribution in [-0.2, 0) is 16.4 Å². The van der Waals surface area contributed by atoms with Gasteiger partial charge in [0.2, 0.25) is 10.0 Å². The fraction of sp³-hybridized carbons (Fsp3) is 0.333. The minimum Gasteiger partial charge on any atom is -0.357 e. The third-order valence-electron chi connectivity index (χ3n) is 3.58. The lowest BCUT2D eigenvalue weighted by atomic mass is 10.1. The molecule has 10 heteroatoms. The van der Waals surface area contributed by atoms with E-state index in [4.69, 9.17) is 0 Å². The molecular weight excluding hydrogens is 496 g/mol. The Bertz CT molecular complexity index is 833. The Morgan fingerprint density at radius 2 is 1.89 bits per heavy atom. The van der Waals surface area contributed by atoms with Gasteiger partial charge in [0.05, 0.1) is 6.54 Å². The summed E-state index contributed by atoms with van der Waals surface area (Å²) in [5.41, 5.74) is 1.02. The van der Waals surface area contributed by atoms with E-state index < -0.39 is 10.0 Å². The maximum atomic E-state index is 12.9. The zero-order valence-electron chi connectivity index (χ0n) is 15.6. The molecule has 28 heavy (non-hydrogen) atoms. The number of halogens is 2. The molecule has 0 aliphatic heterocycles. The molecule has 154 valence electrons. The maximum absolute atomic E-state index is 12.9. The SMILES string of the molecule is CCNC(=NCCNS(=O)(=O)c1cccnc1)NCCc1ccc(F)cc1.I. The topological polar surface area (TPSA) is 95.5 Å². The van der Waals surface area contributed by atoms with Crippen LogP contribution in [0.3, 0.4) is 0 Å². The summed E-state index contributed by atoms with van der Waals surface area (Å²) in [5.74, 6) is 0.343. The van der Waals surface area contributed by atoms with Crippen LogP contribution < -0.4 is 15.4 Å². The standard InChI is InChI=1S/C18H24FN5O2S.HI/c1-2-21-18(22-11-9-15-5-7-16(19)8-6-15)23-12-13-24-27(25,26)17-4-3-10-20-14-17;/h3-8,10,14,24H,2,9,11-13H2,1H3,(H2,21,22,23);1H. The van der Waals surface area contributed by atoms with E-state index in [2.05, 4.69) is 25.3 Å². The molecule has 0 saturated carbocycles. The molecule has 2 aromatic rings. The number of rotatable bonds is 9. The van der Waals surface area contributed by atoms with Crippen molar-refractivity contribution in [3.8, 4) is 0 Å². The van der Waals surface area contributed by atoms with Gasteiger partial charge in [-0.3, -0.25) is 9.98 Å². The van der Waals surface area contributed by atoms with Crippen molar-refractivity contribution in [3.05, 3.63) is 60.2 Å². The first-order valence-corrected chi connectivity index (χ1v) is 10.2. The molecule has 0 aliphatic rings. The smallest absolute Gasteiger partial charge is 0.242 e. The monoisotopic (exact) mass is 521 g/mol. The molecular formula is C18H25FIN5O2S. The Morgan fingerprint density at radius 1 is 1.14 bits per heavy atom. The van der Waals surface area contributed by atoms with Crippen LogP contribution in [0.1, 0.15) is 12.5 Å². The lowest BCUT2D eigenvalue weighted by Crippen LogP contribution is -2.39. The number of pyridine rings is 1. The van der Waals surface area contributed by atoms with Crippen molar-refractivity contribution in [1.29, 1.82) is 0 Å². The Hall–Kier alpha value is -1.79. The largest absolute Gasteiger partial charge is 0.357 e. The number of nitrogens with one attached hydrogen (secondary N) is 3. The van der Waals surface area contributed by atoms with Gasteiger partial charge in [-0.2, -0.15) is 0 Å². The average molecular weight is 521 g/mol. The number of nitrogens with zero attached hydrogens (tertiary/aromatic N) is 2. The van der Waals surface area contributed by atoms with Crippen molar-refractivity contribution in [2.75, 3.05) is 26.2 Å². The lowest BCUT2D eigenvalue weighted by molar-refractivity contribution is 0.581. The molecule has 0 spiro atoms. The normalized spacial score (nSPS) is 11.6. The van der Waals surface area contributed by atoms with Crippen LogP contribution in [-0.4, -0.2) is 45.5 Å². The first kappa shape index (κ1) is 24.2. The van der Waals surface area contributed by atoms with E-state index in [9.17, 15) is 12.8 Å². The quantitative estimate of drug-likeness (QED) is 0.203. The van der Waals surface area contributed by atoms with E-state index in [1.54, 1.807) is 18.2 Å². The fourth-order valence-electron chi connectivity index (χ4n) is 2.26. The molecule has 0 radical (unpaired) electrons. The second-order valence-corrected chi connectivity index (χ2v) is 7.42. The van der Waals surface area contributed by atoms with Crippen LogP contribution in [0.4, 0.5) is 4.39 Å². The molecule has 1 aromatic carbocycles. The van der Waals surface area contributed by atoms with Crippen molar-refractivity contribution >= 4 is 40.0 Å². The van der Waals surface area contributed by atoms with E-state index in [1.807, 2.05) is 6.92 Å². The van der Waals surface area contributed by atoms with Gasteiger partial charge in [-0.15, -0.1) is 24.0 Å². The number of sulfonamides is 1.